The molecule has 1 unspecified atom stereocenters. The van der Waals surface area contributed by atoms with Gasteiger partial charge < -0.3 is 9.64 Å². The summed E-state index contributed by atoms with van der Waals surface area (Å²) in [5.41, 5.74) is 1.87. The second-order valence-corrected chi connectivity index (χ2v) is 5.63. The first kappa shape index (κ1) is 14.9. The van der Waals surface area contributed by atoms with Gasteiger partial charge in [-0.15, -0.1) is 0 Å². The van der Waals surface area contributed by atoms with E-state index in [1.807, 2.05) is 42.5 Å². The fraction of sp³-hybridized carbons (Fsp3) is 0.294. The van der Waals surface area contributed by atoms with Crippen LogP contribution in [0.15, 0.2) is 48.7 Å². The number of carbonyl (C=O) groups is 1. The molecule has 1 saturated heterocycles. The lowest BCUT2D eigenvalue weighted by atomic mass is 10.1. The molecule has 2 aromatic rings. The van der Waals surface area contributed by atoms with Crippen molar-refractivity contribution in [2.24, 2.45) is 0 Å². The van der Waals surface area contributed by atoms with E-state index in [-0.39, 0.29) is 18.7 Å². The molecule has 5 heteroatoms. The lowest BCUT2D eigenvalue weighted by Gasteiger charge is -2.24. The molecule has 2 heterocycles. The fourth-order valence-electron chi connectivity index (χ4n) is 2.76. The molecule has 114 valence electrons. The molecule has 1 aliphatic rings. The van der Waals surface area contributed by atoms with Crippen LogP contribution in [0.5, 0.6) is 0 Å². The van der Waals surface area contributed by atoms with E-state index in [1.54, 1.807) is 11.1 Å². The highest BCUT2D eigenvalue weighted by atomic mass is 35.5. The molecule has 0 spiro atoms. The molecular weight excluding hydrogens is 300 g/mol. The van der Waals surface area contributed by atoms with E-state index in [4.69, 9.17) is 16.3 Å². The van der Waals surface area contributed by atoms with Crippen LogP contribution >= 0.6 is 11.6 Å². The van der Waals surface area contributed by atoms with Crippen molar-refractivity contribution in [2.45, 2.75) is 25.5 Å². The molecule has 1 aromatic heterocycles. The first-order valence-electron chi connectivity index (χ1n) is 7.33. The molecule has 1 aliphatic heterocycles. The van der Waals surface area contributed by atoms with Crippen LogP contribution in [0.2, 0.25) is 5.15 Å². The molecule has 0 aliphatic carbocycles. The van der Waals surface area contributed by atoms with E-state index in [0.717, 1.165) is 24.0 Å². The van der Waals surface area contributed by atoms with Crippen molar-refractivity contribution < 1.29 is 9.53 Å². The molecule has 0 saturated carbocycles. The molecule has 0 N–H and O–H groups in total. The SMILES string of the molecule is O=C(OCc1ccccc1)N1CCCC1c1cccnc1Cl. The van der Waals surface area contributed by atoms with E-state index in [0.29, 0.717) is 11.7 Å². The molecule has 0 bridgehead atoms. The van der Waals surface area contributed by atoms with Crippen LogP contribution in [-0.4, -0.2) is 22.5 Å². The van der Waals surface area contributed by atoms with Crippen molar-refractivity contribution in [1.29, 1.82) is 0 Å². The summed E-state index contributed by atoms with van der Waals surface area (Å²) < 4.78 is 5.43. The molecule has 1 amide bonds. The number of aromatic nitrogens is 1. The van der Waals surface area contributed by atoms with Gasteiger partial charge in [-0.1, -0.05) is 48.0 Å². The quantitative estimate of drug-likeness (QED) is 0.797. The summed E-state index contributed by atoms with van der Waals surface area (Å²) in [4.78, 5) is 18.2. The van der Waals surface area contributed by atoms with Gasteiger partial charge in [-0.05, 0) is 24.5 Å². The van der Waals surface area contributed by atoms with Crippen LogP contribution in [-0.2, 0) is 11.3 Å². The second-order valence-electron chi connectivity index (χ2n) is 5.28. The Balaban J connectivity index is 1.68. The Morgan fingerprint density at radius 1 is 1.27 bits per heavy atom. The maximum atomic E-state index is 12.4. The smallest absolute Gasteiger partial charge is 0.410 e. The number of benzene rings is 1. The minimum Gasteiger partial charge on any atom is -0.445 e. The third-order valence-corrected chi connectivity index (χ3v) is 4.16. The Hall–Kier alpha value is -2.07. The Morgan fingerprint density at radius 2 is 2.09 bits per heavy atom. The van der Waals surface area contributed by atoms with Crippen molar-refractivity contribution in [1.82, 2.24) is 9.88 Å². The van der Waals surface area contributed by atoms with Gasteiger partial charge in [0.05, 0.1) is 6.04 Å². The monoisotopic (exact) mass is 316 g/mol. The van der Waals surface area contributed by atoms with Gasteiger partial charge in [-0.25, -0.2) is 9.78 Å². The maximum Gasteiger partial charge on any atom is 0.410 e. The van der Waals surface area contributed by atoms with E-state index >= 15 is 0 Å². The van der Waals surface area contributed by atoms with Crippen LogP contribution in [0.4, 0.5) is 4.79 Å². The van der Waals surface area contributed by atoms with Gasteiger partial charge in [0.1, 0.15) is 11.8 Å². The average molecular weight is 317 g/mol. The predicted octanol–water partition coefficient (Wildman–Crippen LogP) is 4.21. The van der Waals surface area contributed by atoms with Crippen LogP contribution in [0.1, 0.15) is 30.0 Å². The van der Waals surface area contributed by atoms with Gasteiger partial charge in [-0.3, -0.25) is 0 Å². The normalized spacial score (nSPS) is 17.5. The summed E-state index contributed by atoms with van der Waals surface area (Å²) >= 11 is 6.16. The predicted molar refractivity (Wildman–Crippen MR) is 84.6 cm³/mol. The van der Waals surface area contributed by atoms with Gasteiger partial charge in [0.2, 0.25) is 0 Å². The van der Waals surface area contributed by atoms with Crippen LogP contribution < -0.4 is 0 Å². The van der Waals surface area contributed by atoms with Crippen LogP contribution in [0.25, 0.3) is 0 Å². The van der Waals surface area contributed by atoms with E-state index in [9.17, 15) is 4.79 Å². The topological polar surface area (TPSA) is 42.4 Å². The van der Waals surface area contributed by atoms with Gasteiger partial charge in [0, 0.05) is 18.3 Å². The number of ether oxygens (including phenoxy) is 1. The van der Waals surface area contributed by atoms with Gasteiger partial charge >= 0.3 is 6.09 Å². The lowest BCUT2D eigenvalue weighted by molar-refractivity contribution is 0.0920. The lowest BCUT2D eigenvalue weighted by Crippen LogP contribution is -2.31. The highest BCUT2D eigenvalue weighted by Crippen LogP contribution is 2.35. The van der Waals surface area contributed by atoms with Gasteiger partial charge in [0.25, 0.3) is 0 Å². The molecule has 22 heavy (non-hydrogen) atoms. The van der Waals surface area contributed by atoms with Crippen molar-refractivity contribution >= 4 is 17.7 Å². The minimum atomic E-state index is -0.300. The Kier molecular flexibility index (Phi) is 4.59. The summed E-state index contributed by atoms with van der Waals surface area (Å²) in [6.45, 7) is 0.965. The zero-order chi connectivity index (χ0) is 15.4. The summed E-state index contributed by atoms with van der Waals surface area (Å²) in [6, 6.07) is 13.4. The number of nitrogens with zero attached hydrogens (tertiary/aromatic N) is 2. The second kappa shape index (κ2) is 6.79. The summed E-state index contributed by atoms with van der Waals surface area (Å²) in [5, 5.41) is 0.454. The minimum absolute atomic E-state index is 0.0514. The Morgan fingerprint density at radius 3 is 2.86 bits per heavy atom. The number of hydrogen-bond acceptors (Lipinski definition) is 3. The molecule has 1 aromatic carbocycles. The number of amides is 1. The first-order chi connectivity index (χ1) is 10.8. The largest absolute Gasteiger partial charge is 0.445 e. The zero-order valence-corrected chi connectivity index (χ0v) is 12.9. The van der Waals surface area contributed by atoms with Crippen molar-refractivity contribution in [3.8, 4) is 0 Å². The molecule has 4 nitrogen and oxygen atoms in total. The fourth-order valence-corrected chi connectivity index (χ4v) is 3.00. The van der Waals surface area contributed by atoms with Gasteiger partial charge in [0.15, 0.2) is 0 Å². The number of halogens is 1. The van der Waals surface area contributed by atoms with E-state index < -0.39 is 0 Å². The van der Waals surface area contributed by atoms with Crippen LogP contribution in [0.3, 0.4) is 0 Å². The zero-order valence-electron chi connectivity index (χ0n) is 12.1. The molecule has 1 fully saturated rings. The summed E-state index contributed by atoms with van der Waals surface area (Å²) in [5.74, 6) is 0. The Labute approximate surface area is 134 Å². The molecule has 1 atom stereocenters. The van der Waals surface area contributed by atoms with E-state index in [2.05, 4.69) is 4.98 Å². The highest BCUT2D eigenvalue weighted by Gasteiger charge is 2.32. The number of pyridine rings is 1. The third-order valence-electron chi connectivity index (χ3n) is 3.84. The average Bonchev–Trinajstić information content (AvgIpc) is 3.03. The summed E-state index contributed by atoms with van der Waals surface area (Å²) in [7, 11) is 0. The summed E-state index contributed by atoms with van der Waals surface area (Å²) in [6.07, 6.45) is 3.17. The first-order valence-corrected chi connectivity index (χ1v) is 7.71. The number of carbonyl (C=O) groups excluding carboxylic acids is 1. The molecule has 0 radical (unpaired) electrons. The van der Waals surface area contributed by atoms with Crippen LogP contribution in [0, 0.1) is 0 Å². The number of likely N-dealkylation sites (tertiary alicyclic amines) is 1. The van der Waals surface area contributed by atoms with Gasteiger partial charge in [-0.2, -0.15) is 0 Å². The molecule has 3 rings (SSSR count). The Bertz CT molecular complexity index is 648. The molecular formula is C17H17ClN2O2. The van der Waals surface area contributed by atoms with E-state index in [1.165, 1.54) is 0 Å². The maximum absolute atomic E-state index is 12.4. The third kappa shape index (κ3) is 3.22. The highest BCUT2D eigenvalue weighted by molar-refractivity contribution is 6.30. The standard InChI is InChI=1S/C17H17ClN2O2/c18-16-14(8-4-10-19-16)15-9-5-11-20(15)17(21)22-12-13-6-2-1-3-7-13/h1-4,6-8,10,15H,5,9,11-12H2. The number of hydrogen-bond donors (Lipinski definition) is 0. The van der Waals surface area contributed by atoms with Crippen molar-refractivity contribution in [3.63, 3.8) is 0 Å². The number of rotatable bonds is 3. The van der Waals surface area contributed by atoms with Crippen molar-refractivity contribution in [3.05, 3.63) is 64.9 Å². The van der Waals surface area contributed by atoms with Crippen molar-refractivity contribution in [2.75, 3.05) is 6.54 Å².